The van der Waals surface area contributed by atoms with Gasteiger partial charge < -0.3 is 5.73 Å². The summed E-state index contributed by atoms with van der Waals surface area (Å²) in [6, 6.07) is 17.6. The van der Waals surface area contributed by atoms with Crippen LogP contribution < -0.4 is 5.73 Å². The molecular formula is C14H12N4O. The van der Waals surface area contributed by atoms with Crippen LogP contribution in [-0.2, 0) is 10.3 Å². The molecule has 0 atom stereocenters. The van der Waals surface area contributed by atoms with Gasteiger partial charge in [-0.3, -0.25) is 4.79 Å². The first-order valence-electron chi connectivity index (χ1n) is 5.69. The molecule has 0 aliphatic rings. The van der Waals surface area contributed by atoms with Crippen LogP contribution in [0.2, 0.25) is 0 Å². The summed E-state index contributed by atoms with van der Waals surface area (Å²) in [6.45, 7) is 0. The number of carbonyl (C=O) groups excluding carboxylic acids is 1. The van der Waals surface area contributed by atoms with Crippen molar-refractivity contribution >= 4 is 5.91 Å². The summed E-state index contributed by atoms with van der Waals surface area (Å²) in [5.41, 5.74) is 13.9. The second-order valence-electron chi connectivity index (χ2n) is 4.00. The third kappa shape index (κ3) is 2.14. The fraction of sp³-hybridized carbons (Fsp3) is 0.0714. The van der Waals surface area contributed by atoms with Gasteiger partial charge in [-0.2, -0.15) is 0 Å². The lowest BCUT2D eigenvalue weighted by Crippen LogP contribution is -2.40. The smallest absolute Gasteiger partial charge is 0.238 e. The molecule has 19 heavy (non-hydrogen) atoms. The van der Waals surface area contributed by atoms with E-state index in [4.69, 9.17) is 11.3 Å². The molecule has 2 aromatic carbocycles. The Kier molecular flexibility index (Phi) is 3.50. The normalized spacial score (nSPS) is 10.5. The Hall–Kier alpha value is -2.78. The highest BCUT2D eigenvalue weighted by Crippen LogP contribution is 2.33. The standard InChI is InChI=1S/C14H12N4O/c15-13(19)14(17-18-16,11-7-3-1-4-8-11)12-9-5-2-6-10-12/h1-10H,(H2,15,19). The lowest BCUT2D eigenvalue weighted by Gasteiger charge is -2.26. The van der Waals surface area contributed by atoms with Crippen LogP contribution in [0.1, 0.15) is 11.1 Å². The minimum Gasteiger partial charge on any atom is -0.368 e. The fourth-order valence-electron chi connectivity index (χ4n) is 2.04. The number of nitrogens with two attached hydrogens (primary N) is 1. The van der Waals surface area contributed by atoms with Crippen LogP contribution in [0, 0.1) is 0 Å². The van der Waals surface area contributed by atoms with E-state index < -0.39 is 11.4 Å². The Labute approximate surface area is 110 Å². The van der Waals surface area contributed by atoms with Crippen molar-refractivity contribution in [2.45, 2.75) is 5.54 Å². The van der Waals surface area contributed by atoms with Gasteiger partial charge in [0, 0.05) is 4.91 Å². The molecule has 5 heteroatoms. The Morgan fingerprint density at radius 2 is 1.42 bits per heavy atom. The maximum atomic E-state index is 12.0. The van der Waals surface area contributed by atoms with Gasteiger partial charge >= 0.3 is 0 Å². The predicted octanol–water partition coefficient (Wildman–Crippen LogP) is 2.73. The topological polar surface area (TPSA) is 91.8 Å². The fourth-order valence-corrected chi connectivity index (χ4v) is 2.04. The highest BCUT2D eigenvalue weighted by Gasteiger charge is 2.39. The quantitative estimate of drug-likeness (QED) is 0.505. The molecule has 0 aliphatic heterocycles. The molecule has 0 saturated heterocycles. The second-order valence-corrected chi connectivity index (χ2v) is 4.00. The summed E-state index contributed by atoms with van der Waals surface area (Å²) in [7, 11) is 0. The molecule has 5 nitrogen and oxygen atoms in total. The maximum Gasteiger partial charge on any atom is 0.238 e. The molecule has 2 rings (SSSR count). The van der Waals surface area contributed by atoms with Crippen molar-refractivity contribution in [3.63, 3.8) is 0 Å². The van der Waals surface area contributed by atoms with Crippen LogP contribution in [0.25, 0.3) is 10.4 Å². The van der Waals surface area contributed by atoms with Crippen LogP contribution in [0.15, 0.2) is 65.8 Å². The largest absolute Gasteiger partial charge is 0.368 e. The molecule has 94 valence electrons. The summed E-state index contributed by atoms with van der Waals surface area (Å²) < 4.78 is 0. The number of rotatable bonds is 4. The highest BCUT2D eigenvalue weighted by molar-refractivity contribution is 5.90. The van der Waals surface area contributed by atoms with E-state index in [0.29, 0.717) is 11.1 Å². The molecule has 1 amide bonds. The van der Waals surface area contributed by atoms with Crippen molar-refractivity contribution in [1.29, 1.82) is 0 Å². The zero-order chi connectivity index (χ0) is 13.7. The molecule has 0 radical (unpaired) electrons. The van der Waals surface area contributed by atoms with E-state index in [1.54, 1.807) is 48.5 Å². The minimum atomic E-state index is -1.52. The van der Waals surface area contributed by atoms with Crippen molar-refractivity contribution in [1.82, 2.24) is 0 Å². The summed E-state index contributed by atoms with van der Waals surface area (Å²) in [6.07, 6.45) is 0. The number of primary amides is 1. The van der Waals surface area contributed by atoms with Gasteiger partial charge in [-0.1, -0.05) is 65.8 Å². The molecule has 2 N–H and O–H groups in total. The van der Waals surface area contributed by atoms with Crippen molar-refractivity contribution in [3.8, 4) is 0 Å². The summed E-state index contributed by atoms with van der Waals surface area (Å²) >= 11 is 0. The molecule has 0 bridgehead atoms. The molecule has 0 heterocycles. The molecule has 2 aromatic rings. The van der Waals surface area contributed by atoms with Crippen LogP contribution >= 0.6 is 0 Å². The van der Waals surface area contributed by atoms with Gasteiger partial charge in [0.2, 0.25) is 5.91 Å². The van der Waals surface area contributed by atoms with E-state index in [1.165, 1.54) is 0 Å². The van der Waals surface area contributed by atoms with E-state index in [2.05, 4.69) is 10.0 Å². The first-order chi connectivity index (χ1) is 9.21. The van der Waals surface area contributed by atoms with E-state index in [0.717, 1.165) is 0 Å². The zero-order valence-corrected chi connectivity index (χ0v) is 10.1. The van der Waals surface area contributed by atoms with Gasteiger partial charge in [-0.05, 0) is 16.7 Å². The van der Waals surface area contributed by atoms with E-state index >= 15 is 0 Å². The molecule has 0 saturated carbocycles. The van der Waals surface area contributed by atoms with Gasteiger partial charge in [-0.25, -0.2) is 0 Å². The van der Waals surface area contributed by atoms with E-state index in [-0.39, 0.29) is 0 Å². The maximum absolute atomic E-state index is 12.0. The van der Waals surface area contributed by atoms with Crippen molar-refractivity contribution in [2.75, 3.05) is 0 Å². The molecular weight excluding hydrogens is 240 g/mol. The summed E-state index contributed by atoms with van der Waals surface area (Å²) in [4.78, 5) is 14.8. The van der Waals surface area contributed by atoms with Gasteiger partial charge in [-0.15, -0.1) is 0 Å². The Bertz CT molecular complexity index is 575. The highest BCUT2D eigenvalue weighted by atomic mass is 16.1. The summed E-state index contributed by atoms with van der Waals surface area (Å²) in [5, 5.41) is 3.70. The van der Waals surface area contributed by atoms with Crippen LogP contribution in [0.3, 0.4) is 0 Å². The molecule has 0 unspecified atom stereocenters. The number of amides is 1. The van der Waals surface area contributed by atoms with Crippen LogP contribution in [0.4, 0.5) is 0 Å². The van der Waals surface area contributed by atoms with Crippen molar-refractivity contribution < 1.29 is 4.79 Å². The summed E-state index contributed by atoms with van der Waals surface area (Å²) in [5.74, 6) is -0.706. The Balaban J connectivity index is 2.76. The Morgan fingerprint density at radius 3 is 1.74 bits per heavy atom. The lowest BCUT2D eigenvalue weighted by molar-refractivity contribution is -0.122. The van der Waals surface area contributed by atoms with Gasteiger partial charge in [0.05, 0.1) is 0 Å². The monoisotopic (exact) mass is 252 g/mol. The molecule has 0 aliphatic carbocycles. The number of benzene rings is 2. The average Bonchev–Trinajstić information content (AvgIpc) is 2.46. The zero-order valence-electron chi connectivity index (χ0n) is 10.1. The predicted molar refractivity (Wildman–Crippen MR) is 72.0 cm³/mol. The van der Waals surface area contributed by atoms with E-state index in [9.17, 15) is 4.79 Å². The number of carbonyl (C=O) groups is 1. The first kappa shape index (κ1) is 12.7. The number of hydrogen-bond donors (Lipinski definition) is 1. The molecule has 0 aromatic heterocycles. The van der Waals surface area contributed by atoms with Crippen LogP contribution in [0.5, 0.6) is 0 Å². The van der Waals surface area contributed by atoms with Crippen molar-refractivity contribution in [2.24, 2.45) is 10.8 Å². The Morgan fingerprint density at radius 1 is 1.00 bits per heavy atom. The SMILES string of the molecule is [N-]=[N+]=NC(C(N)=O)(c1ccccc1)c1ccccc1. The van der Waals surface area contributed by atoms with E-state index in [1.807, 2.05) is 12.1 Å². The second kappa shape index (κ2) is 5.25. The minimum absolute atomic E-state index is 0.548. The van der Waals surface area contributed by atoms with Gasteiger partial charge in [0.1, 0.15) is 0 Å². The first-order valence-corrected chi connectivity index (χ1v) is 5.69. The lowest BCUT2D eigenvalue weighted by atomic mass is 9.83. The van der Waals surface area contributed by atoms with Gasteiger partial charge in [0.25, 0.3) is 0 Å². The van der Waals surface area contributed by atoms with Crippen molar-refractivity contribution in [3.05, 3.63) is 82.2 Å². The van der Waals surface area contributed by atoms with Gasteiger partial charge in [0.15, 0.2) is 5.54 Å². The van der Waals surface area contributed by atoms with Crippen LogP contribution in [-0.4, -0.2) is 5.91 Å². The number of hydrogen-bond acceptors (Lipinski definition) is 2. The third-order valence-electron chi connectivity index (χ3n) is 2.93. The molecule has 0 fully saturated rings. The number of nitrogens with zero attached hydrogens (tertiary/aromatic N) is 3. The average molecular weight is 252 g/mol. The molecule has 0 spiro atoms. The number of azide groups is 1. The third-order valence-corrected chi connectivity index (χ3v) is 2.93.